The molecule has 1 aromatic heterocycles. The van der Waals surface area contributed by atoms with E-state index in [0.29, 0.717) is 11.2 Å². The molecule has 16 heavy (non-hydrogen) atoms. The van der Waals surface area contributed by atoms with E-state index in [9.17, 15) is 0 Å². The molecule has 1 fully saturated rings. The zero-order valence-corrected chi connectivity index (χ0v) is 9.72. The van der Waals surface area contributed by atoms with Crippen molar-refractivity contribution in [2.45, 2.75) is 25.3 Å². The Morgan fingerprint density at radius 3 is 3.19 bits per heavy atom. The molecule has 4 heteroatoms. The molecule has 0 bridgehead atoms. The molecule has 1 saturated heterocycles. The van der Waals surface area contributed by atoms with Crippen LogP contribution in [0.4, 0.5) is 0 Å². The highest BCUT2D eigenvalue weighted by Crippen LogP contribution is 2.22. The van der Waals surface area contributed by atoms with E-state index in [-0.39, 0.29) is 0 Å². The van der Waals surface area contributed by atoms with E-state index >= 15 is 0 Å². The van der Waals surface area contributed by atoms with Gasteiger partial charge in [0.25, 0.3) is 0 Å². The van der Waals surface area contributed by atoms with Gasteiger partial charge in [-0.1, -0.05) is 17.7 Å². The standard InChI is InChI=1S/C12H14ClN3/c13-12-10-4-3-8(7-11(10)15-16-12)6-9-2-1-5-14-9/h3-4,7,9,14H,1-2,5-6H2,(H,15,16). The number of hydrogen-bond acceptors (Lipinski definition) is 2. The average molecular weight is 236 g/mol. The van der Waals surface area contributed by atoms with Gasteiger partial charge in [-0.2, -0.15) is 5.10 Å². The van der Waals surface area contributed by atoms with Gasteiger partial charge in [0.2, 0.25) is 0 Å². The number of nitrogens with one attached hydrogen (secondary N) is 2. The van der Waals surface area contributed by atoms with Crippen molar-refractivity contribution >= 4 is 22.5 Å². The van der Waals surface area contributed by atoms with E-state index in [4.69, 9.17) is 11.6 Å². The molecule has 2 aromatic rings. The predicted octanol–water partition coefficient (Wildman–Crippen LogP) is 2.51. The lowest BCUT2D eigenvalue weighted by Gasteiger charge is -2.09. The number of nitrogens with zero attached hydrogens (tertiary/aromatic N) is 1. The molecule has 1 aromatic carbocycles. The van der Waals surface area contributed by atoms with Crippen molar-refractivity contribution in [1.82, 2.24) is 15.5 Å². The molecular formula is C12H14ClN3. The summed E-state index contributed by atoms with van der Waals surface area (Å²) in [6, 6.07) is 6.94. The van der Waals surface area contributed by atoms with Gasteiger partial charge in [0, 0.05) is 11.4 Å². The number of hydrogen-bond donors (Lipinski definition) is 2. The average Bonchev–Trinajstić information content (AvgIpc) is 2.90. The van der Waals surface area contributed by atoms with Crippen molar-refractivity contribution in [3.8, 4) is 0 Å². The van der Waals surface area contributed by atoms with Crippen LogP contribution in [-0.4, -0.2) is 22.8 Å². The predicted molar refractivity (Wildman–Crippen MR) is 65.8 cm³/mol. The van der Waals surface area contributed by atoms with Crippen LogP contribution in [0, 0.1) is 0 Å². The van der Waals surface area contributed by atoms with Gasteiger partial charge < -0.3 is 5.32 Å². The molecular weight excluding hydrogens is 222 g/mol. The van der Waals surface area contributed by atoms with E-state index in [1.807, 2.05) is 6.07 Å². The monoisotopic (exact) mass is 235 g/mol. The molecule has 1 atom stereocenters. The summed E-state index contributed by atoms with van der Waals surface area (Å²) >= 11 is 5.96. The first-order valence-electron chi connectivity index (χ1n) is 5.69. The Balaban J connectivity index is 1.87. The van der Waals surface area contributed by atoms with Crippen LogP contribution < -0.4 is 5.32 Å². The number of rotatable bonds is 2. The van der Waals surface area contributed by atoms with Crippen LogP contribution in [0.3, 0.4) is 0 Å². The largest absolute Gasteiger partial charge is 0.314 e. The minimum Gasteiger partial charge on any atom is -0.314 e. The van der Waals surface area contributed by atoms with Crippen molar-refractivity contribution in [2.75, 3.05) is 6.54 Å². The van der Waals surface area contributed by atoms with E-state index in [1.165, 1.54) is 18.4 Å². The van der Waals surface area contributed by atoms with Crippen LogP contribution in [0.2, 0.25) is 5.15 Å². The molecule has 0 amide bonds. The third kappa shape index (κ3) is 1.81. The van der Waals surface area contributed by atoms with E-state index in [0.717, 1.165) is 23.9 Å². The number of aromatic amines is 1. The van der Waals surface area contributed by atoms with Gasteiger partial charge in [-0.05, 0) is 43.5 Å². The summed E-state index contributed by atoms with van der Waals surface area (Å²) in [5, 5.41) is 12.1. The Morgan fingerprint density at radius 2 is 2.38 bits per heavy atom. The molecule has 3 nitrogen and oxygen atoms in total. The Hall–Kier alpha value is -1.06. The lowest BCUT2D eigenvalue weighted by Crippen LogP contribution is -2.23. The molecule has 1 aliphatic heterocycles. The van der Waals surface area contributed by atoms with E-state index in [1.54, 1.807) is 0 Å². The highest BCUT2D eigenvalue weighted by molar-refractivity contribution is 6.34. The summed E-state index contributed by atoms with van der Waals surface area (Å²) in [5.41, 5.74) is 2.29. The van der Waals surface area contributed by atoms with Crippen molar-refractivity contribution < 1.29 is 0 Å². The SMILES string of the molecule is Clc1[nH]nc2cc(CC3CCCN3)ccc12. The summed E-state index contributed by atoms with van der Waals surface area (Å²) in [6.07, 6.45) is 3.65. The molecule has 2 heterocycles. The maximum Gasteiger partial charge on any atom is 0.132 e. The number of H-pyrrole nitrogens is 1. The normalized spacial score (nSPS) is 20.7. The summed E-state index contributed by atoms with van der Waals surface area (Å²) in [5.74, 6) is 0. The van der Waals surface area contributed by atoms with Crippen molar-refractivity contribution in [1.29, 1.82) is 0 Å². The first-order chi connectivity index (χ1) is 7.83. The fraction of sp³-hybridized carbons (Fsp3) is 0.417. The maximum absolute atomic E-state index is 5.96. The van der Waals surface area contributed by atoms with Crippen LogP contribution in [0.25, 0.3) is 10.9 Å². The second-order valence-electron chi connectivity index (χ2n) is 4.39. The van der Waals surface area contributed by atoms with Crippen molar-refractivity contribution in [3.63, 3.8) is 0 Å². The van der Waals surface area contributed by atoms with Gasteiger partial charge >= 0.3 is 0 Å². The Bertz CT molecular complexity index is 500. The number of benzene rings is 1. The summed E-state index contributed by atoms with van der Waals surface area (Å²) < 4.78 is 0. The Morgan fingerprint density at radius 1 is 1.44 bits per heavy atom. The second-order valence-corrected chi connectivity index (χ2v) is 4.76. The van der Waals surface area contributed by atoms with Crippen molar-refractivity contribution in [3.05, 3.63) is 28.9 Å². The number of fused-ring (bicyclic) bond motifs is 1. The molecule has 1 aliphatic rings. The smallest absolute Gasteiger partial charge is 0.132 e. The summed E-state index contributed by atoms with van der Waals surface area (Å²) in [7, 11) is 0. The van der Waals surface area contributed by atoms with Gasteiger partial charge in [-0.15, -0.1) is 0 Å². The highest BCUT2D eigenvalue weighted by atomic mass is 35.5. The van der Waals surface area contributed by atoms with Gasteiger partial charge in [0.05, 0.1) is 5.52 Å². The highest BCUT2D eigenvalue weighted by Gasteiger charge is 2.14. The third-order valence-electron chi connectivity index (χ3n) is 3.22. The zero-order valence-electron chi connectivity index (χ0n) is 8.96. The van der Waals surface area contributed by atoms with Crippen LogP contribution in [0.15, 0.2) is 18.2 Å². The quantitative estimate of drug-likeness (QED) is 0.840. The summed E-state index contributed by atoms with van der Waals surface area (Å²) in [6.45, 7) is 1.15. The Labute approximate surface area is 99.2 Å². The third-order valence-corrected chi connectivity index (χ3v) is 3.51. The molecule has 0 saturated carbocycles. The molecule has 2 N–H and O–H groups in total. The van der Waals surface area contributed by atoms with Crippen molar-refractivity contribution in [2.24, 2.45) is 0 Å². The van der Waals surface area contributed by atoms with E-state index < -0.39 is 0 Å². The molecule has 0 aliphatic carbocycles. The fourth-order valence-electron chi connectivity index (χ4n) is 2.37. The molecule has 0 radical (unpaired) electrons. The second kappa shape index (κ2) is 4.07. The first kappa shape index (κ1) is 10.1. The number of aromatic nitrogens is 2. The molecule has 84 valence electrons. The molecule has 0 spiro atoms. The van der Waals surface area contributed by atoms with E-state index in [2.05, 4.69) is 27.6 Å². The maximum atomic E-state index is 5.96. The minimum absolute atomic E-state index is 0.626. The topological polar surface area (TPSA) is 40.7 Å². The van der Waals surface area contributed by atoms with Crippen LogP contribution in [0.5, 0.6) is 0 Å². The van der Waals surface area contributed by atoms with Gasteiger partial charge in [-0.3, -0.25) is 5.10 Å². The van der Waals surface area contributed by atoms with Crippen LogP contribution in [0.1, 0.15) is 18.4 Å². The zero-order chi connectivity index (χ0) is 11.0. The van der Waals surface area contributed by atoms with Gasteiger partial charge in [0.1, 0.15) is 5.15 Å². The lowest BCUT2D eigenvalue weighted by atomic mass is 10.0. The van der Waals surface area contributed by atoms with Gasteiger partial charge in [0.15, 0.2) is 0 Å². The van der Waals surface area contributed by atoms with Crippen LogP contribution in [-0.2, 0) is 6.42 Å². The molecule has 1 unspecified atom stereocenters. The number of halogens is 1. The fourth-order valence-corrected chi connectivity index (χ4v) is 2.57. The first-order valence-corrected chi connectivity index (χ1v) is 6.06. The van der Waals surface area contributed by atoms with Crippen LogP contribution >= 0.6 is 11.6 Å². The summed E-state index contributed by atoms with van der Waals surface area (Å²) in [4.78, 5) is 0. The Kier molecular flexibility index (Phi) is 2.58. The lowest BCUT2D eigenvalue weighted by molar-refractivity contribution is 0.603. The molecule has 3 rings (SSSR count). The minimum atomic E-state index is 0.626. The van der Waals surface area contributed by atoms with Gasteiger partial charge in [-0.25, -0.2) is 0 Å².